The molecule has 0 spiro atoms. The third kappa shape index (κ3) is 3.96. The van der Waals surface area contributed by atoms with Crippen LogP contribution in [0, 0.1) is 0 Å². The van der Waals surface area contributed by atoms with Gasteiger partial charge in [0.1, 0.15) is 11.8 Å². The van der Waals surface area contributed by atoms with E-state index in [1.54, 1.807) is 19.1 Å². The lowest BCUT2D eigenvalue weighted by Crippen LogP contribution is -2.31. The zero-order chi connectivity index (χ0) is 22.8. The molecular weight excluding hydrogens is 478 g/mol. The van der Waals surface area contributed by atoms with Gasteiger partial charge in [-0.15, -0.1) is 5.10 Å². The third-order valence-electron chi connectivity index (χ3n) is 4.98. The molecule has 1 aliphatic heterocycles. The number of aromatic nitrogens is 3. The number of hydrogen-bond donors (Lipinski definition) is 2. The molecule has 9 nitrogen and oxygen atoms in total. The second kappa shape index (κ2) is 8.83. The Balaban J connectivity index is 1.81. The first-order chi connectivity index (χ1) is 15.4. The smallest absolute Gasteiger partial charge is 0.378 e. The second-order valence-corrected chi connectivity index (χ2v) is 7.89. The van der Waals surface area contributed by atoms with Crippen molar-refractivity contribution in [1.29, 1.82) is 0 Å². The molecule has 4 rings (SSSR count). The van der Waals surface area contributed by atoms with E-state index in [-0.39, 0.29) is 11.7 Å². The number of halogens is 1. The van der Waals surface area contributed by atoms with Crippen LogP contribution >= 0.6 is 15.9 Å². The Kier molecular flexibility index (Phi) is 5.95. The number of esters is 1. The van der Waals surface area contributed by atoms with Crippen LogP contribution in [-0.4, -0.2) is 40.9 Å². The van der Waals surface area contributed by atoms with Gasteiger partial charge in [-0.1, -0.05) is 40.2 Å². The summed E-state index contributed by atoms with van der Waals surface area (Å²) in [5.41, 5.74) is 2.32. The molecule has 1 aromatic heterocycles. The van der Waals surface area contributed by atoms with Crippen molar-refractivity contribution in [3.63, 3.8) is 0 Å². The third-order valence-corrected chi connectivity index (χ3v) is 5.48. The standard InChI is InChI=1S/C22H20BrN5O4/c1-12-17(20(29)25-15-9-4-5-10-16(15)31-2)18(13-7-6-8-14(23)11-13)28-22(24-12)26-19(27-28)21(30)32-3/h4-11,18H,1-3H3,(H,25,29)(H,24,26,27). The van der Waals surface area contributed by atoms with Gasteiger partial charge in [-0.25, -0.2) is 9.48 Å². The number of benzene rings is 2. The topological polar surface area (TPSA) is 107 Å². The van der Waals surface area contributed by atoms with Crippen molar-refractivity contribution in [2.24, 2.45) is 0 Å². The van der Waals surface area contributed by atoms with E-state index in [0.717, 1.165) is 10.0 Å². The Morgan fingerprint density at radius 2 is 1.94 bits per heavy atom. The van der Waals surface area contributed by atoms with Crippen molar-refractivity contribution in [1.82, 2.24) is 14.8 Å². The predicted octanol–water partition coefficient (Wildman–Crippen LogP) is 3.76. The van der Waals surface area contributed by atoms with Gasteiger partial charge in [-0.3, -0.25) is 4.79 Å². The summed E-state index contributed by atoms with van der Waals surface area (Å²) in [6.07, 6.45) is 0. The summed E-state index contributed by atoms with van der Waals surface area (Å²) >= 11 is 3.48. The summed E-state index contributed by atoms with van der Waals surface area (Å²) in [4.78, 5) is 29.8. The van der Waals surface area contributed by atoms with Crippen molar-refractivity contribution in [2.45, 2.75) is 13.0 Å². The molecule has 3 aromatic rings. The zero-order valence-electron chi connectivity index (χ0n) is 17.5. The predicted molar refractivity (Wildman–Crippen MR) is 122 cm³/mol. The molecule has 0 bridgehead atoms. The summed E-state index contributed by atoms with van der Waals surface area (Å²) in [5.74, 6) is -0.239. The molecule has 0 aliphatic carbocycles. The number of rotatable bonds is 5. The highest BCUT2D eigenvalue weighted by Gasteiger charge is 2.35. The first-order valence-corrected chi connectivity index (χ1v) is 10.4. The van der Waals surface area contributed by atoms with E-state index in [4.69, 9.17) is 9.47 Å². The van der Waals surface area contributed by atoms with Crippen LogP contribution in [0.2, 0.25) is 0 Å². The Labute approximate surface area is 192 Å². The van der Waals surface area contributed by atoms with Crippen LogP contribution in [0.5, 0.6) is 5.75 Å². The zero-order valence-corrected chi connectivity index (χ0v) is 19.1. The second-order valence-electron chi connectivity index (χ2n) is 6.97. The van der Waals surface area contributed by atoms with Crippen LogP contribution < -0.4 is 15.4 Å². The minimum Gasteiger partial charge on any atom is -0.495 e. The Hall–Kier alpha value is -3.66. The van der Waals surface area contributed by atoms with E-state index in [1.807, 2.05) is 36.4 Å². The number of fused-ring (bicyclic) bond motifs is 1. The van der Waals surface area contributed by atoms with Crippen LogP contribution in [0.15, 0.2) is 64.3 Å². The minimum atomic E-state index is -0.667. The van der Waals surface area contributed by atoms with E-state index < -0.39 is 12.0 Å². The number of nitrogens with one attached hydrogen (secondary N) is 2. The maximum atomic E-state index is 13.5. The van der Waals surface area contributed by atoms with Crippen LogP contribution in [0.4, 0.5) is 11.6 Å². The summed E-state index contributed by atoms with van der Waals surface area (Å²) in [6, 6.07) is 14.0. The lowest BCUT2D eigenvalue weighted by atomic mass is 9.95. The number of amides is 1. The van der Waals surface area contributed by atoms with E-state index in [1.165, 1.54) is 18.9 Å². The van der Waals surface area contributed by atoms with Gasteiger partial charge in [0.05, 0.1) is 25.5 Å². The average Bonchev–Trinajstić information content (AvgIpc) is 3.21. The molecule has 10 heteroatoms. The molecule has 0 fully saturated rings. The maximum absolute atomic E-state index is 13.5. The van der Waals surface area contributed by atoms with Crippen molar-refractivity contribution in [3.8, 4) is 5.75 Å². The fraction of sp³-hybridized carbons (Fsp3) is 0.182. The normalized spacial score (nSPS) is 14.9. The number of carbonyl (C=O) groups is 2. The van der Waals surface area contributed by atoms with Gasteiger partial charge in [-0.05, 0) is 36.8 Å². The van der Waals surface area contributed by atoms with Gasteiger partial charge in [0.25, 0.3) is 11.7 Å². The van der Waals surface area contributed by atoms with Crippen LogP contribution in [0.25, 0.3) is 0 Å². The quantitative estimate of drug-likeness (QED) is 0.516. The summed E-state index contributed by atoms with van der Waals surface area (Å²) in [6.45, 7) is 1.78. The molecule has 1 unspecified atom stereocenters. The molecule has 2 N–H and O–H groups in total. The first-order valence-electron chi connectivity index (χ1n) is 9.65. The number of para-hydroxylation sites is 2. The lowest BCUT2D eigenvalue weighted by Gasteiger charge is -2.29. The molecular formula is C22H20BrN5O4. The van der Waals surface area contributed by atoms with Gasteiger partial charge in [0.15, 0.2) is 0 Å². The van der Waals surface area contributed by atoms with Crippen LogP contribution in [-0.2, 0) is 9.53 Å². The molecule has 164 valence electrons. The fourth-order valence-electron chi connectivity index (χ4n) is 3.55. The van der Waals surface area contributed by atoms with Crippen LogP contribution in [0.1, 0.15) is 29.1 Å². The molecule has 2 heterocycles. The average molecular weight is 498 g/mol. The van der Waals surface area contributed by atoms with Crippen molar-refractivity contribution >= 4 is 39.4 Å². The number of carbonyl (C=O) groups excluding carboxylic acids is 2. The molecule has 0 radical (unpaired) electrons. The summed E-state index contributed by atoms with van der Waals surface area (Å²) in [7, 11) is 2.80. The highest BCUT2D eigenvalue weighted by Crippen LogP contribution is 2.37. The minimum absolute atomic E-state index is 0.103. The highest BCUT2D eigenvalue weighted by molar-refractivity contribution is 9.10. The van der Waals surface area contributed by atoms with E-state index >= 15 is 0 Å². The maximum Gasteiger partial charge on any atom is 0.378 e. The number of ether oxygens (including phenoxy) is 2. The molecule has 1 amide bonds. The molecule has 2 aromatic carbocycles. The Morgan fingerprint density at radius 3 is 2.66 bits per heavy atom. The number of allylic oxidation sites excluding steroid dienone is 1. The van der Waals surface area contributed by atoms with Gasteiger partial charge in [0.2, 0.25) is 5.95 Å². The number of nitrogens with zero attached hydrogens (tertiary/aromatic N) is 3. The number of methoxy groups -OCH3 is 2. The molecule has 1 aliphatic rings. The van der Waals surface area contributed by atoms with Gasteiger partial charge in [-0.2, -0.15) is 4.98 Å². The molecule has 0 saturated carbocycles. The van der Waals surface area contributed by atoms with Crippen LogP contribution in [0.3, 0.4) is 0 Å². The van der Waals surface area contributed by atoms with Crippen molar-refractivity contribution in [2.75, 3.05) is 24.9 Å². The number of anilines is 2. The summed E-state index contributed by atoms with van der Waals surface area (Å²) < 4.78 is 12.5. The lowest BCUT2D eigenvalue weighted by molar-refractivity contribution is -0.113. The van der Waals surface area contributed by atoms with Gasteiger partial charge >= 0.3 is 5.97 Å². The van der Waals surface area contributed by atoms with Crippen molar-refractivity contribution in [3.05, 3.63) is 75.7 Å². The SMILES string of the molecule is COC(=O)c1nc2n(n1)C(c1cccc(Br)c1)C(C(=O)Nc1ccccc1OC)=C(C)N2. The largest absolute Gasteiger partial charge is 0.495 e. The van der Waals surface area contributed by atoms with Gasteiger partial charge < -0.3 is 20.1 Å². The molecule has 1 atom stereocenters. The van der Waals surface area contributed by atoms with E-state index in [2.05, 4.69) is 36.6 Å². The first kappa shape index (κ1) is 21.6. The summed E-state index contributed by atoms with van der Waals surface area (Å²) in [5, 5.41) is 10.3. The van der Waals surface area contributed by atoms with Gasteiger partial charge in [0, 0.05) is 10.2 Å². The molecule has 0 saturated heterocycles. The fourth-order valence-corrected chi connectivity index (χ4v) is 3.96. The van der Waals surface area contributed by atoms with Crippen molar-refractivity contribution < 1.29 is 19.1 Å². The van der Waals surface area contributed by atoms with E-state index in [9.17, 15) is 9.59 Å². The van der Waals surface area contributed by atoms with E-state index in [0.29, 0.717) is 28.7 Å². The monoisotopic (exact) mass is 497 g/mol. The Morgan fingerprint density at radius 1 is 1.16 bits per heavy atom. The molecule has 32 heavy (non-hydrogen) atoms. The Bertz CT molecular complexity index is 1240. The highest BCUT2D eigenvalue weighted by atomic mass is 79.9. The number of hydrogen-bond acceptors (Lipinski definition) is 7.